The summed E-state index contributed by atoms with van der Waals surface area (Å²) in [6.07, 6.45) is 4.47. The lowest BCUT2D eigenvalue weighted by Crippen LogP contribution is -2.47. The summed E-state index contributed by atoms with van der Waals surface area (Å²) in [7, 11) is 2.15. The highest BCUT2D eigenvalue weighted by Gasteiger charge is 2.39. The maximum Gasteiger partial charge on any atom is 0.274 e. The van der Waals surface area contributed by atoms with Gasteiger partial charge in [-0.2, -0.15) is 0 Å². The Balaban J connectivity index is 1.82. The lowest BCUT2D eigenvalue weighted by atomic mass is 10.0. The fourth-order valence-corrected chi connectivity index (χ4v) is 3.99. The average molecular weight is 338 g/mol. The molecule has 3 heterocycles. The van der Waals surface area contributed by atoms with Crippen molar-refractivity contribution in [2.75, 3.05) is 26.7 Å². The molecule has 5 nitrogen and oxygen atoms in total. The van der Waals surface area contributed by atoms with Crippen LogP contribution >= 0.6 is 11.6 Å². The smallest absolute Gasteiger partial charge is 0.274 e. The van der Waals surface area contributed by atoms with Crippen molar-refractivity contribution in [2.24, 2.45) is 0 Å². The van der Waals surface area contributed by atoms with E-state index in [0.29, 0.717) is 29.2 Å². The van der Waals surface area contributed by atoms with E-state index < -0.39 is 0 Å². The summed E-state index contributed by atoms with van der Waals surface area (Å²) in [5.74, 6) is 0.383. The predicted octanol–water partition coefficient (Wildman–Crippen LogP) is 2.83. The third-order valence-corrected chi connectivity index (χ3v) is 5.20. The van der Waals surface area contributed by atoms with Crippen molar-refractivity contribution in [3.05, 3.63) is 22.8 Å². The number of ether oxygens (including phenoxy) is 1. The minimum Gasteiger partial charge on any atom is -0.478 e. The standard InChI is InChI=1S/C17H24ClN3O2/c1-3-23-15-9-8-12(18)16(19-15)17(22)21-11-5-7-14(21)13-6-4-10-20(13)2/h8-9,13-14H,3-7,10-11H2,1-2H3/t13-,14+/m0/s1. The lowest BCUT2D eigenvalue weighted by molar-refractivity contribution is 0.0657. The van der Waals surface area contributed by atoms with Crippen molar-refractivity contribution in [1.82, 2.24) is 14.8 Å². The van der Waals surface area contributed by atoms with Gasteiger partial charge in [-0.3, -0.25) is 4.79 Å². The third kappa shape index (κ3) is 3.31. The summed E-state index contributed by atoms with van der Waals surface area (Å²) >= 11 is 6.23. The fourth-order valence-electron chi connectivity index (χ4n) is 3.81. The van der Waals surface area contributed by atoms with Crippen LogP contribution in [0.15, 0.2) is 12.1 Å². The normalized spacial score (nSPS) is 25.1. The molecule has 1 aromatic heterocycles. The van der Waals surface area contributed by atoms with Gasteiger partial charge in [0.05, 0.1) is 11.6 Å². The molecule has 0 unspecified atom stereocenters. The van der Waals surface area contributed by atoms with Gasteiger partial charge in [0.1, 0.15) is 0 Å². The Hall–Kier alpha value is -1.33. The molecule has 2 fully saturated rings. The Morgan fingerprint density at radius 1 is 1.30 bits per heavy atom. The molecule has 1 aromatic rings. The first kappa shape index (κ1) is 16.5. The van der Waals surface area contributed by atoms with Gasteiger partial charge in [0.25, 0.3) is 5.91 Å². The molecule has 0 aliphatic carbocycles. The Morgan fingerprint density at radius 3 is 2.74 bits per heavy atom. The average Bonchev–Trinajstić information content (AvgIpc) is 3.17. The van der Waals surface area contributed by atoms with Crippen molar-refractivity contribution in [3.8, 4) is 5.88 Å². The Kier molecular flexibility index (Phi) is 5.07. The second-order valence-corrected chi connectivity index (χ2v) is 6.72. The Bertz CT molecular complexity index is 581. The number of likely N-dealkylation sites (N-methyl/N-ethyl adjacent to an activating group) is 1. The number of nitrogens with zero attached hydrogens (tertiary/aromatic N) is 3. The first-order valence-corrected chi connectivity index (χ1v) is 8.80. The van der Waals surface area contributed by atoms with Crippen LogP contribution in [0.5, 0.6) is 5.88 Å². The third-order valence-electron chi connectivity index (χ3n) is 4.90. The molecule has 0 bridgehead atoms. The van der Waals surface area contributed by atoms with Gasteiger partial charge in [0.15, 0.2) is 5.69 Å². The number of aromatic nitrogens is 1. The van der Waals surface area contributed by atoms with Crippen molar-refractivity contribution >= 4 is 17.5 Å². The van der Waals surface area contributed by atoms with Crippen LogP contribution in [-0.4, -0.2) is 59.5 Å². The summed E-state index contributed by atoms with van der Waals surface area (Å²) < 4.78 is 5.41. The summed E-state index contributed by atoms with van der Waals surface area (Å²) in [6, 6.07) is 4.12. The zero-order valence-electron chi connectivity index (χ0n) is 13.8. The van der Waals surface area contributed by atoms with Gasteiger partial charge < -0.3 is 14.5 Å². The van der Waals surface area contributed by atoms with Gasteiger partial charge >= 0.3 is 0 Å². The van der Waals surface area contributed by atoms with E-state index in [-0.39, 0.29) is 11.9 Å². The molecule has 126 valence electrons. The van der Waals surface area contributed by atoms with Crippen LogP contribution in [-0.2, 0) is 0 Å². The van der Waals surface area contributed by atoms with Crippen LogP contribution in [0.4, 0.5) is 0 Å². The summed E-state index contributed by atoms with van der Waals surface area (Å²) in [4.78, 5) is 21.7. The molecule has 1 amide bonds. The van der Waals surface area contributed by atoms with Crippen molar-refractivity contribution < 1.29 is 9.53 Å². The number of hydrogen-bond acceptors (Lipinski definition) is 4. The maximum atomic E-state index is 13.0. The number of rotatable bonds is 4. The number of halogens is 1. The molecule has 2 aliphatic heterocycles. The van der Waals surface area contributed by atoms with E-state index in [4.69, 9.17) is 16.3 Å². The molecule has 0 N–H and O–H groups in total. The maximum absolute atomic E-state index is 13.0. The van der Waals surface area contributed by atoms with E-state index in [0.717, 1.165) is 32.4 Å². The molecule has 2 aliphatic rings. The van der Waals surface area contributed by atoms with E-state index in [1.807, 2.05) is 11.8 Å². The van der Waals surface area contributed by atoms with Crippen molar-refractivity contribution in [3.63, 3.8) is 0 Å². The highest BCUT2D eigenvalue weighted by atomic mass is 35.5. The number of pyridine rings is 1. The fraction of sp³-hybridized carbons (Fsp3) is 0.647. The molecule has 6 heteroatoms. The van der Waals surface area contributed by atoms with Crippen LogP contribution in [0.1, 0.15) is 43.1 Å². The first-order valence-electron chi connectivity index (χ1n) is 8.42. The molecule has 3 rings (SSSR count). The molecule has 0 radical (unpaired) electrons. The highest BCUT2D eigenvalue weighted by molar-refractivity contribution is 6.33. The van der Waals surface area contributed by atoms with Gasteiger partial charge in [-0.25, -0.2) is 4.98 Å². The van der Waals surface area contributed by atoms with Gasteiger partial charge in [0.2, 0.25) is 5.88 Å². The number of likely N-dealkylation sites (tertiary alicyclic amines) is 2. The Labute approximate surface area is 142 Å². The van der Waals surface area contributed by atoms with E-state index in [9.17, 15) is 4.79 Å². The van der Waals surface area contributed by atoms with Gasteiger partial charge in [0, 0.05) is 24.7 Å². The van der Waals surface area contributed by atoms with E-state index in [1.54, 1.807) is 12.1 Å². The van der Waals surface area contributed by atoms with Crippen LogP contribution < -0.4 is 4.74 Å². The largest absolute Gasteiger partial charge is 0.478 e. The number of carbonyl (C=O) groups excluding carboxylic acids is 1. The van der Waals surface area contributed by atoms with Crippen LogP contribution in [0.2, 0.25) is 5.02 Å². The number of hydrogen-bond donors (Lipinski definition) is 0. The molecule has 2 atom stereocenters. The topological polar surface area (TPSA) is 45.7 Å². The molecular weight excluding hydrogens is 314 g/mol. The van der Waals surface area contributed by atoms with Crippen LogP contribution in [0.3, 0.4) is 0 Å². The van der Waals surface area contributed by atoms with E-state index in [2.05, 4.69) is 16.9 Å². The molecule has 0 saturated carbocycles. The minimum absolute atomic E-state index is 0.0700. The monoisotopic (exact) mass is 337 g/mol. The molecule has 0 spiro atoms. The quantitative estimate of drug-likeness (QED) is 0.847. The van der Waals surface area contributed by atoms with Crippen LogP contribution in [0.25, 0.3) is 0 Å². The van der Waals surface area contributed by atoms with Crippen LogP contribution in [0, 0.1) is 0 Å². The van der Waals surface area contributed by atoms with Crippen molar-refractivity contribution in [1.29, 1.82) is 0 Å². The van der Waals surface area contributed by atoms with Gasteiger partial charge in [-0.15, -0.1) is 0 Å². The van der Waals surface area contributed by atoms with Gasteiger partial charge in [-0.05, 0) is 52.3 Å². The summed E-state index contributed by atoms with van der Waals surface area (Å²) in [5.41, 5.74) is 0.310. The first-order chi connectivity index (χ1) is 11.1. The second kappa shape index (κ2) is 7.05. The number of carbonyl (C=O) groups is 1. The molecule has 23 heavy (non-hydrogen) atoms. The summed E-state index contributed by atoms with van der Waals surface area (Å²) in [6.45, 7) is 4.30. The van der Waals surface area contributed by atoms with E-state index >= 15 is 0 Å². The highest BCUT2D eigenvalue weighted by Crippen LogP contribution is 2.31. The zero-order chi connectivity index (χ0) is 16.4. The lowest BCUT2D eigenvalue weighted by Gasteiger charge is -2.33. The van der Waals surface area contributed by atoms with Crippen molar-refractivity contribution in [2.45, 2.75) is 44.7 Å². The second-order valence-electron chi connectivity index (χ2n) is 6.31. The molecule has 2 saturated heterocycles. The predicted molar refractivity (Wildman–Crippen MR) is 90.1 cm³/mol. The van der Waals surface area contributed by atoms with Gasteiger partial charge in [-0.1, -0.05) is 11.6 Å². The zero-order valence-corrected chi connectivity index (χ0v) is 14.6. The van der Waals surface area contributed by atoms with E-state index in [1.165, 1.54) is 6.42 Å². The summed E-state index contributed by atoms with van der Waals surface area (Å²) in [5, 5.41) is 0.392. The Morgan fingerprint density at radius 2 is 2.04 bits per heavy atom. The SMILES string of the molecule is CCOc1ccc(Cl)c(C(=O)N2CCC[C@@H]2[C@@H]2CCCN2C)n1. The molecule has 0 aromatic carbocycles. The number of amides is 1. The molecular formula is C17H24ClN3O2. The minimum atomic E-state index is -0.0700.